The Labute approximate surface area is 178 Å². The first-order valence-corrected chi connectivity index (χ1v) is 9.19. The monoisotopic (exact) mass is 484 g/mol. The first-order valence-electron chi connectivity index (χ1n) is 9.19. The van der Waals surface area contributed by atoms with Crippen LogP contribution < -0.4 is 11.1 Å². The molecular formula is C19H29IN6O. The Morgan fingerprint density at radius 3 is 2.81 bits per heavy atom. The Bertz CT molecular complexity index is 685. The fourth-order valence-corrected chi connectivity index (χ4v) is 2.98. The van der Waals surface area contributed by atoms with E-state index in [1.807, 2.05) is 16.9 Å². The molecular weight excluding hydrogens is 455 g/mol. The number of aliphatic imine (C=N–C) groups is 1. The topological polar surface area (TPSA) is 80.7 Å². The Morgan fingerprint density at radius 2 is 2.04 bits per heavy atom. The van der Waals surface area contributed by atoms with Gasteiger partial charge in [0, 0.05) is 32.0 Å². The van der Waals surface area contributed by atoms with Crippen LogP contribution in [0.4, 0.5) is 0 Å². The van der Waals surface area contributed by atoms with Gasteiger partial charge in [0.1, 0.15) is 0 Å². The fraction of sp³-hybridized carbons (Fsp3) is 0.474. The van der Waals surface area contributed by atoms with Gasteiger partial charge in [0.25, 0.3) is 0 Å². The van der Waals surface area contributed by atoms with Gasteiger partial charge in [-0.05, 0) is 30.2 Å². The molecule has 3 rings (SSSR count). The van der Waals surface area contributed by atoms with Crippen molar-refractivity contribution >= 4 is 29.9 Å². The molecule has 2 heterocycles. The van der Waals surface area contributed by atoms with E-state index in [0.717, 1.165) is 57.9 Å². The number of ether oxygens (including phenoxy) is 1. The molecule has 1 fully saturated rings. The van der Waals surface area contributed by atoms with E-state index in [2.05, 4.69) is 44.6 Å². The minimum absolute atomic E-state index is 0. The molecule has 2 aromatic rings. The lowest BCUT2D eigenvalue weighted by atomic mass is 10.1. The minimum atomic E-state index is 0. The Morgan fingerprint density at radius 1 is 1.22 bits per heavy atom. The van der Waals surface area contributed by atoms with Crippen molar-refractivity contribution in [3.63, 3.8) is 0 Å². The van der Waals surface area contributed by atoms with Crippen molar-refractivity contribution < 1.29 is 4.74 Å². The van der Waals surface area contributed by atoms with Gasteiger partial charge in [-0.3, -0.25) is 9.58 Å². The van der Waals surface area contributed by atoms with Gasteiger partial charge in [-0.1, -0.05) is 24.3 Å². The molecule has 0 amide bonds. The summed E-state index contributed by atoms with van der Waals surface area (Å²) >= 11 is 0. The maximum Gasteiger partial charge on any atom is 0.188 e. The summed E-state index contributed by atoms with van der Waals surface area (Å²) in [6, 6.07) is 10.3. The van der Waals surface area contributed by atoms with Crippen LogP contribution in [0.3, 0.4) is 0 Å². The van der Waals surface area contributed by atoms with Gasteiger partial charge >= 0.3 is 0 Å². The van der Waals surface area contributed by atoms with E-state index >= 15 is 0 Å². The van der Waals surface area contributed by atoms with Crippen molar-refractivity contribution in [3.05, 3.63) is 53.9 Å². The average Bonchev–Trinajstić information content (AvgIpc) is 3.18. The van der Waals surface area contributed by atoms with Crippen molar-refractivity contribution in [2.24, 2.45) is 10.7 Å². The zero-order valence-electron chi connectivity index (χ0n) is 15.6. The summed E-state index contributed by atoms with van der Waals surface area (Å²) in [4.78, 5) is 6.86. The third-order valence-corrected chi connectivity index (χ3v) is 4.39. The number of halogens is 1. The highest BCUT2D eigenvalue weighted by atomic mass is 127. The van der Waals surface area contributed by atoms with E-state index in [1.54, 1.807) is 6.20 Å². The SMILES string of the molecule is I.NC(=NCc1cccc(Cn2cccn2)c1)NCCCN1CCOCC1. The highest BCUT2D eigenvalue weighted by Gasteiger charge is 2.09. The van der Waals surface area contributed by atoms with Crippen molar-refractivity contribution in [2.75, 3.05) is 39.4 Å². The van der Waals surface area contributed by atoms with Crippen molar-refractivity contribution in [3.8, 4) is 0 Å². The molecule has 0 atom stereocenters. The van der Waals surface area contributed by atoms with Crippen LogP contribution in [0.25, 0.3) is 0 Å². The summed E-state index contributed by atoms with van der Waals surface area (Å²) in [6.45, 7) is 6.99. The zero-order chi connectivity index (χ0) is 18.0. The summed E-state index contributed by atoms with van der Waals surface area (Å²) in [5, 5.41) is 7.44. The fourth-order valence-electron chi connectivity index (χ4n) is 2.98. The van der Waals surface area contributed by atoms with Gasteiger partial charge in [-0.2, -0.15) is 5.10 Å². The standard InChI is InChI=1S/C19H28N6O.HI/c20-19(21-6-2-8-24-10-12-26-13-11-24)22-15-17-4-1-5-18(14-17)16-25-9-3-7-23-25;/h1,3-5,7,9,14H,2,6,8,10-13,15-16H2,(H3,20,21,22);1H. The van der Waals surface area contributed by atoms with Gasteiger partial charge in [0.2, 0.25) is 0 Å². The van der Waals surface area contributed by atoms with Gasteiger partial charge in [-0.25, -0.2) is 4.99 Å². The number of guanidine groups is 1. The van der Waals surface area contributed by atoms with Crippen LogP contribution in [0.2, 0.25) is 0 Å². The van der Waals surface area contributed by atoms with E-state index in [1.165, 1.54) is 5.56 Å². The molecule has 1 aliphatic rings. The van der Waals surface area contributed by atoms with E-state index in [4.69, 9.17) is 10.5 Å². The first kappa shape index (κ1) is 21.6. The van der Waals surface area contributed by atoms with Crippen LogP contribution >= 0.6 is 24.0 Å². The zero-order valence-corrected chi connectivity index (χ0v) is 17.9. The molecule has 1 aromatic carbocycles. The van der Waals surface area contributed by atoms with E-state index in [0.29, 0.717) is 12.5 Å². The van der Waals surface area contributed by atoms with Crippen molar-refractivity contribution in [2.45, 2.75) is 19.5 Å². The largest absolute Gasteiger partial charge is 0.379 e. The molecule has 27 heavy (non-hydrogen) atoms. The van der Waals surface area contributed by atoms with Crippen molar-refractivity contribution in [1.82, 2.24) is 20.0 Å². The average molecular weight is 484 g/mol. The number of nitrogens with two attached hydrogens (primary N) is 1. The van der Waals surface area contributed by atoms with Crippen molar-refractivity contribution in [1.29, 1.82) is 0 Å². The molecule has 0 saturated carbocycles. The molecule has 1 aromatic heterocycles. The van der Waals surface area contributed by atoms with E-state index in [-0.39, 0.29) is 24.0 Å². The number of rotatable bonds is 8. The lowest BCUT2D eigenvalue weighted by Gasteiger charge is -2.26. The molecule has 0 radical (unpaired) electrons. The number of benzene rings is 1. The van der Waals surface area contributed by atoms with Crippen LogP contribution in [-0.4, -0.2) is 60.0 Å². The minimum Gasteiger partial charge on any atom is -0.379 e. The smallest absolute Gasteiger partial charge is 0.188 e. The predicted molar refractivity (Wildman–Crippen MR) is 118 cm³/mol. The van der Waals surface area contributed by atoms with Gasteiger partial charge in [-0.15, -0.1) is 24.0 Å². The molecule has 7 nitrogen and oxygen atoms in total. The summed E-state index contributed by atoms with van der Waals surface area (Å²) in [5.41, 5.74) is 8.33. The molecule has 3 N–H and O–H groups in total. The number of aromatic nitrogens is 2. The Balaban J connectivity index is 0.00000261. The van der Waals surface area contributed by atoms with Gasteiger partial charge < -0.3 is 15.8 Å². The predicted octanol–water partition coefficient (Wildman–Crippen LogP) is 1.68. The number of hydrogen-bond donors (Lipinski definition) is 2. The summed E-state index contributed by atoms with van der Waals surface area (Å²) in [5.74, 6) is 0.504. The number of hydrogen-bond acceptors (Lipinski definition) is 4. The lowest BCUT2D eigenvalue weighted by molar-refractivity contribution is 0.0376. The number of nitrogens with zero attached hydrogens (tertiary/aromatic N) is 4. The molecule has 0 aliphatic carbocycles. The van der Waals surface area contributed by atoms with Crippen LogP contribution in [0.5, 0.6) is 0 Å². The van der Waals surface area contributed by atoms with E-state index < -0.39 is 0 Å². The van der Waals surface area contributed by atoms with E-state index in [9.17, 15) is 0 Å². The lowest BCUT2D eigenvalue weighted by Crippen LogP contribution is -2.39. The van der Waals surface area contributed by atoms with Crippen LogP contribution in [-0.2, 0) is 17.8 Å². The van der Waals surface area contributed by atoms with Crippen LogP contribution in [0.1, 0.15) is 17.5 Å². The summed E-state index contributed by atoms with van der Waals surface area (Å²) < 4.78 is 7.26. The molecule has 0 unspecified atom stereocenters. The molecule has 0 bridgehead atoms. The maximum atomic E-state index is 5.98. The third kappa shape index (κ3) is 7.86. The highest BCUT2D eigenvalue weighted by Crippen LogP contribution is 2.08. The Kier molecular flexibility index (Phi) is 9.57. The maximum absolute atomic E-state index is 5.98. The molecule has 8 heteroatoms. The Hall–Kier alpha value is -1.65. The van der Waals surface area contributed by atoms with Crippen LogP contribution in [0, 0.1) is 0 Å². The second kappa shape index (κ2) is 11.9. The first-order chi connectivity index (χ1) is 12.8. The second-order valence-corrected chi connectivity index (χ2v) is 6.46. The molecule has 148 valence electrons. The van der Waals surface area contributed by atoms with Gasteiger partial charge in [0.05, 0.1) is 26.3 Å². The summed E-state index contributed by atoms with van der Waals surface area (Å²) in [7, 11) is 0. The summed E-state index contributed by atoms with van der Waals surface area (Å²) in [6.07, 6.45) is 4.80. The van der Waals surface area contributed by atoms with Gasteiger partial charge in [0.15, 0.2) is 5.96 Å². The molecule has 1 aliphatic heterocycles. The number of nitrogens with one attached hydrogen (secondary N) is 1. The third-order valence-electron chi connectivity index (χ3n) is 4.39. The molecule has 1 saturated heterocycles. The number of morpholine rings is 1. The second-order valence-electron chi connectivity index (χ2n) is 6.46. The van der Waals surface area contributed by atoms with Crippen LogP contribution in [0.15, 0.2) is 47.7 Å². The highest BCUT2D eigenvalue weighted by molar-refractivity contribution is 14.0. The molecule has 0 spiro atoms. The normalized spacial score (nSPS) is 15.3. The quantitative estimate of drug-likeness (QED) is 0.258.